The zero-order valence-corrected chi connectivity index (χ0v) is 12.8. The normalized spacial score (nSPS) is 19.1. The maximum Gasteiger partial charge on any atom is 0.166 e. The van der Waals surface area contributed by atoms with E-state index in [1.807, 2.05) is 0 Å². The Kier molecular flexibility index (Phi) is 3.92. The number of rotatable bonds is 4. The minimum atomic E-state index is -0.472. The third-order valence-corrected chi connectivity index (χ3v) is 4.03. The lowest BCUT2D eigenvalue weighted by molar-refractivity contribution is 0.157. The second kappa shape index (κ2) is 5.89. The van der Waals surface area contributed by atoms with Crippen LogP contribution in [0.15, 0.2) is 30.3 Å². The number of methoxy groups -OCH3 is 2. The summed E-state index contributed by atoms with van der Waals surface area (Å²) in [6.45, 7) is -0.159. The van der Waals surface area contributed by atoms with Crippen LogP contribution in [-0.2, 0) is 0 Å². The maximum absolute atomic E-state index is 9.83. The molecule has 0 fully saturated rings. The molecular weight excluding hydrogens is 300 g/mol. The highest BCUT2D eigenvalue weighted by atomic mass is 16.5. The van der Waals surface area contributed by atoms with E-state index in [4.69, 9.17) is 14.2 Å². The number of fused-ring (bicyclic) bond motifs is 1. The van der Waals surface area contributed by atoms with Gasteiger partial charge in [0.2, 0.25) is 0 Å². The quantitative estimate of drug-likeness (QED) is 0.802. The van der Waals surface area contributed by atoms with Crippen LogP contribution in [0.25, 0.3) is 0 Å². The van der Waals surface area contributed by atoms with Crippen LogP contribution in [0.3, 0.4) is 0 Å². The molecule has 0 unspecified atom stereocenters. The van der Waals surface area contributed by atoms with Crippen molar-refractivity contribution in [1.82, 2.24) is 0 Å². The third-order valence-electron chi connectivity index (χ3n) is 4.03. The Morgan fingerprint density at radius 3 is 2.43 bits per heavy atom. The van der Waals surface area contributed by atoms with Gasteiger partial charge in [0.15, 0.2) is 23.0 Å². The van der Waals surface area contributed by atoms with E-state index in [0.29, 0.717) is 22.8 Å². The van der Waals surface area contributed by atoms with Crippen LogP contribution in [-0.4, -0.2) is 36.1 Å². The number of hydrogen-bond acceptors (Lipinski definition) is 6. The SMILES string of the molecule is COc1cc([C@H]2Oc3c(OC)cc(O)cc3[C@@H]2CO)ccc1O. The topological polar surface area (TPSA) is 88.4 Å². The monoisotopic (exact) mass is 318 g/mol. The predicted molar refractivity (Wildman–Crippen MR) is 82.5 cm³/mol. The van der Waals surface area contributed by atoms with E-state index in [1.54, 1.807) is 18.2 Å². The Labute approximate surface area is 133 Å². The summed E-state index contributed by atoms with van der Waals surface area (Å²) in [4.78, 5) is 0. The summed E-state index contributed by atoms with van der Waals surface area (Å²) < 4.78 is 16.3. The molecule has 23 heavy (non-hydrogen) atoms. The number of phenolic OH excluding ortho intramolecular Hbond substituents is 2. The number of aliphatic hydroxyl groups excluding tert-OH is 1. The Bertz CT molecular complexity index is 727. The van der Waals surface area contributed by atoms with Gasteiger partial charge in [0.25, 0.3) is 0 Å². The van der Waals surface area contributed by atoms with Crippen molar-refractivity contribution in [1.29, 1.82) is 0 Å². The fraction of sp³-hybridized carbons (Fsp3) is 0.294. The highest BCUT2D eigenvalue weighted by Crippen LogP contribution is 2.52. The van der Waals surface area contributed by atoms with Gasteiger partial charge in [-0.3, -0.25) is 0 Å². The van der Waals surface area contributed by atoms with E-state index >= 15 is 0 Å². The number of phenols is 2. The number of ether oxygens (including phenoxy) is 3. The van der Waals surface area contributed by atoms with Crippen LogP contribution in [0, 0.1) is 0 Å². The van der Waals surface area contributed by atoms with E-state index in [1.165, 1.54) is 26.4 Å². The smallest absolute Gasteiger partial charge is 0.166 e. The standard InChI is InChI=1S/C17H18O6/c1-21-14-5-9(3-4-13(14)20)16-12(8-18)11-6-10(19)7-15(22-2)17(11)23-16/h3-7,12,16,18-20H,8H2,1-2H3/t12-,16+/m0/s1. The van der Waals surface area contributed by atoms with E-state index in [0.717, 1.165) is 5.56 Å². The molecule has 1 heterocycles. The number of aliphatic hydroxyl groups is 1. The Morgan fingerprint density at radius 2 is 1.78 bits per heavy atom. The van der Waals surface area contributed by atoms with Crippen molar-refractivity contribution in [2.75, 3.05) is 20.8 Å². The summed E-state index contributed by atoms with van der Waals surface area (Å²) in [7, 11) is 2.96. The molecule has 1 aliphatic heterocycles. The summed E-state index contributed by atoms with van der Waals surface area (Å²) in [5, 5.41) is 29.3. The predicted octanol–water partition coefficient (Wildman–Crippen LogP) is 2.32. The lowest BCUT2D eigenvalue weighted by Crippen LogP contribution is -2.13. The van der Waals surface area contributed by atoms with Gasteiger partial charge >= 0.3 is 0 Å². The second-order valence-electron chi connectivity index (χ2n) is 5.33. The van der Waals surface area contributed by atoms with Crippen molar-refractivity contribution in [2.45, 2.75) is 12.0 Å². The van der Waals surface area contributed by atoms with E-state index < -0.39 is 6.10 Å². The zero-order valence-electron chi connectivity index (χ0n) is 12.8. The average Bonchev–Trinajstić information content (AvgIpc) is 2.92. The summed E-state index contributed by atoms with van der Waals surface area (Å²) in [5.74, 6) is 0.955. The molecule has 0 saturated carbocycles. The van der Waals surface area contributed by atoms with E-state index in [9.17, 15) is 15.3 Å². The van der Waals surface area contributed by atoms with Gasteiger partial charge in [-0.2, -0.15) is 0 Å². The van der Waals surface area contributed by atoms with E-state index in [2.05, 4.69) is 0 Å². The fourth-order valence-corrected chi connectivity index (χ4v) is 2.90. The van der Waals surface area contributed by atoms with Crippen molar-refractivity contribution < 1.29 is 29.5 Å². The van der Waals surface area contributed by atoms with Gasteiger partial charge in [-0.25, -0.2) is 0 Å². The number of aromatic hydroxyl groups is 2. The minimum absolute atomic E-state index is 0.0301. The second-order valence-corrected chi connectivity index (χ2v) is 5.33. The molecule has 3 rings (SSSR count). The molecule has 0 aliphatic carbocycles. The minimum Gasteiger partial charge on any atom is -0.508 e. The molecule has 2 aromatic carbocycles. The van der Waals surface area contributed by atoms with Crippen molar-refractivity contribution in [3.05, 3.63) is 41.5 Å². The molecule has 0 bridgehead atoms. The van der Waals surface area contributed by atoms with Crippen LogP contribution in [0.5, 0.6) is 28.7 Å². The highest BCUT2D eigenvalue weighted by Gasteiger charge is 2.38. The Balaban J connectivity index is 2.06. The molecule has 0 aromatic heterocycles. The summed E-state index contributed by atoms with van der Waals surface area (Å²) in [6.07, 6.45) is -0.472. The average molecular weight is 318 g/mol. The van der Waals surface area contributed by atoms with Crippen molar-refractivity contribution >= 4 is 0 Å². The van der Waals surface area contributed by atoms with Crippen LogP contribution < -0.4 is 14.2 Å². The largest absolute Gasteiger partial charge is 0.508 e. The first-order valence-corrected chi connectivity index (χ1v) is 7.14. The molecule has 2 aromatic rings. The lowest BCUT2D eigenvalue weighted by atomic mass is 9.91. The molecule has 6 heteroatoms. The van der Waals surface area contributed by atoms with Crippen LogP contribution >= 0.6 is 0 Å². The number of benzene rings is 2. The van der Waals surface area contributed by atoms with Gasteiger partial charge in [-0.1, -0.05) is 6.07 Å². The molecule has 0 saturated heterocycles. The van der Waals surface area contributed by atoms with Crippen LogP contribution in [0.1, 0.15) is 23.1 Å². The van der Waals surface area contributed by atoms with Gasteiger partial charge in [-0.15, -0.1) is 0 Å². The molecule has 6 nitrogen and oxygen atoms in total. The van der Waals surface area contributed by atoms with E-state index in [-0.39, 0.29) is 24.0 Å². The molecule has 122 valence electrons. The fourth-order valence-electron chi connectivity index (χ4n) is 2.90. The zero-order chi connectivity index (χ0) is 16.6. The first-order valence-electron chi connectivity index (χ1n) is 7.14. The lowest BCUT2D eigenvalue weighted by Gasteiger charge is -2.18. The molecular formula is C17H18O6. The molecule has 2 atom stereocenters. The molecule has 3 N–H and O–H groups in total. The Morgan fingerprint density at radius 1 is 1.04 bits per heavy atom. The van der Waals surface area contributed by atoms with Gasteiger partial charge in [0.1, 0.15) is 11.9 Å². The number of hydrogen-bond donors (Lipinski definition) is 3. The van der Waals surface area contributed by atoms with Gasteiger partial charge in [0.05, 0.1) is 26.7 Å². The van der Waals surface area contributed by atoms with Gasteiger partial charge < -0.3 is 29.5 Å². The molecule has 0 spiro atoms. The van der Waals surface area contributed by atoms with Crippen molar-refractivity contribution in [3.63, 3.8) is 0 Å². The first-order chi connectivity index (χ1) is 11.1. The molecule has 0 radical (unpaired) electrons. The van der Waals surface area contributed by atoms with Gasteiger partial charge in [-0.05, 0) is 23.8 Å². The van der Waals surface area contributed by atoms with Crippen molar-refractivity contribution in [2.24, 2.45) is 0 Å². The molecule has 1 aliphatic rings. The van der Waals surface area contributed by atoms with Crippen LogP contribution in [0.4, 0.5) is 0 Å². The van der Waals surface area contributed by atoms with Gasteiger partial charge in [0, 0.05) is 11.6 Å². The third kappa shape index (κ3) is 2.51. The summed E-state index contributed by atoms with van der Waals surface area (Å²) in [6, 6.07) is 7.93. The van der Waals surface area contributed by atoms with Crippen molar-refractivity contribution in [3.8, 4) is 28.7 Å². The highest BCUT2D eigenvalue weighted by molar-refractivity contribution is 5.57. The summed E-state index contributed by atoms with van der Waals surface area (Å²) in [5.41, 5.74) is 1.43. The Hall–Kier alpha value is -2.60. The van der Waals surface area contributed by atoms with Crippen LogP contribution in [0.2, 0.25) is 0 Å². The molecule has 0 amide bonds. The first kappa shape index (κ1) is 15.3. The maximum atomic E-state index is 9.83. The summed E-state index contributed by atoms with van der Waals surface area (Å²) >= 11 is 0.